The van der Waals surface area contributed by atoms with Crippen LogP contribution in [0.25, 0.3) is 0 Å². The number of benzene rings is 1. The average Bonchev–Trinajstić information content (AvgIpc) is 2.29. The highest BCUT2D eigenvalue weighted by molar-refractivity contribution is 5.29. The van der Waals surface area contributed by atoms with Crippen molar-refractivity contribution < 1.29 is 4.74 Å². The van der Waals surface area contributed by atoms with Gasteiger partial charge in [0.25, 0.3) is 0 Å². The number of hydrogen-bond acceptors (Lipinski definition) is 3. The Morgan fingerprint density at radius 3 is 2.19 bits per heavy atom. The highest BCUT2D eigenvalue weighted by Gasteiger charge is 2.20. The number of methoxy groups -OCH3 is 1. The van der Waals surface area contributed by atoms with E-state index in [0.29, 0.717) is 18.5 Å². The monoisotopic (exact) mass is 222 g/mol. The normalized spacial score (nSPS) is 14.9. The van der Waals surface area contributed by atoms with E-state index in [-0.39, 0.29) is 0 Å². The number of nitrogens with zero attached hydrogens (tertiary/aromatic N) is 1. The van der Waals surface area contributed by atoms with Crippen LogP contribution >= 0.6 is 0 Å². The van der Waals surface area contributed by atoms with Gasteiger partial charge < -0.3 is 15.4 Å². The van der Waals surface area contributed by atoms with Crippen molar-refractivity contribution >= 4 is 0 Å². The Kier molecular flexibility index (Phi) is 4.77. The maximum atomic E-state index is 5.75. The van der Waals surface area contributed by atoms with Crippen molar-refractivity contribution in [3.63, 3.8) is 0 Å². The molecule has 16 heavy (non-hydrogen) atoms. The summed E-state index contributed by atoms with van der Waals surface area (Å²) in [5, 5.41) is 0. The topological polar surface area (TPSA) is 38.5 Å². The molecule has 0 aromatic heterocycles. The van der Waals surface area contributed by atoms with Gasteiger partial charge in [-0.3, -0.25) is 0 Å². The van der Waals surface area contributed by atoms with Gasteiger partial charge in [0.1, 0.15) is 5.75 Å². The van der Waals surface area contributed by atoms with Crippen molar-refractivity contribution in [1.29, 1.82) is 0 Å². The summed E-state index contributed by atoms with van der Waals surface area (Å²) in [6.07, 6.45) is 0. The van der Waals surface area contributed by atoms with E-state index in [9.17, 15) is 0 Å². The van der Waals surface area contributed by atoms with E-state index >= 15 is 0 Å². The summed E-state index contributed by atoms with van der Waals surface area (Å²) in [5.74, 6) is 1.32. The molecule has 0 saturated heterocycles. The maximum absolute atomic E-state index is 5.75. The van der Waals surface area contributed by atoms with E-state index < -0.39 is 0 Å². The molecule has 2 N–H and O–H groups in total. The Balaban J connectivity index is 2.92. The van der Waals surface area contributed by atoms with Crippen molar-refractivity contribution in [2.24, 2.45) is 11.7 Å². The second-order valence-electron chi connectivity index (χ2n) is 4.39. The Hall–Kier alpha value is -1.06. The lowest BCUT2D eigenvalue weighted by Gasteiger charge is -2.29. The quantitative estimate of drug-likeness (QED) is 0.827. The molecule has 1 aromatic carbocycles. The van der Waals surface area contributed by atoms with Crippen molar-refractivity contribution in [3.05, 3.63) is 29.8 Å². The van der Waals surface area contributed by atoms with Crippen LogP contribution in [-0.2, 0) is 0 Å². The molecule has 1 aromatic rings. The van der Waals surface area contributed by atoms with Gasteiger partial charge >= 0.3 is 0 Å². The van der Waals surface area contributed by atoms with Crippen LogP contribution in [0, 0.1) is 5.92 Å². The van der Waals surface area contributed by atoms with E-state index in [1.54, 1.807) is 7.11 Å². The Morgan fingerprint density at radius 1 is 1.25 bits per heavy atom. The van der Waals surface area contributed by atoms with Crippen molar-refractivity contribution in [2.75, 3.05) is 27.7 Å². The summed E-state index contributed by atoms with van der Waals surface area (Å²) in [5.41, 5.74) is 7.03. The molecule has 1 rings (SSSR count). The van der Waals surface area contributed by atoms with Gasteiger partial charge in [-0.2, -0.15) is 0 Å². The van der Waals surface area contributed by atoms with Gasteiger partial charge in [0, 0.05) is 6.04 Å². The molecule has 0 amide bonds. The molecule has 0 fully saturated rings. The summed E-state index contributed by atoms with van der Waals surface area (Å²) in [6, 6.07) is 8.56. The minimum atomic E-state index is 0.357. The second kappa shape index (κ2) is 5.87. The first-order valence-electron chi connectivity index (χ1n) is 5.60. The predicted molar refractivity (Wildman–Crippen MR) is 67.6 cm³/mol. The van der Waals surface area contributed by atoms with Crippen molar-refractivity contribution in [1.82, 2.24) is 4.90 Å². The van der Waals surface area contributed by atoms with Crippen LogP contribution in [0.3, 0.4) is 0 Å². The van der Waals surface area contributed by atoms with E-state index in [4.69, 9.17) is 10.5 Å². The van der Waals surface area contributed by atoms with E-state index in [1.165, 1.54) is 5.56 Å². The Bertz CT molecular complexity index is 308. The summed E-state index contributed by atoms with van der Waals surface area (Å²) >= 11 is 0. The fourth-order valence-electron chi connectivity index (χ4n) is 2.07. The SMILES string of the molecule is COc1ccc(C(C(C)CN)N(C)C)cc1. The largest absolute Gasteiger partial charge is 0.497 e. The van der Waals surface area contributed by atoms with Crippen LogP contribution in [0.1, 0.15) is 18.5 Å². The number of rotatable bonds is 5. The molecule has 2 unspecified atom stereocenters. The van der Waals surface area contributed by atoms with Gasteiger partial charge in [-0.15, -0.1) is 0 Å². The van der Waals surface area contributed by atoms with Gasteiger partial charge in [0.05, 0.1) is 7.11 Å². The molecule has 0 aliphatic carbocycles. The first kappa shape index (κ1) is 13.0. The molecular formula is C13H22N2O. The average molecular weight is 222 g/mol. The summed E-state index contributed by atoms with van der Waals surface area (Å²) in [7, 11) is 5.85. The smallest absolute Gasteiger partial charge is 0.118 e. The van der Waals surface area contributed by atoms with E-state index in [1.807, 2.05) is 12.1 Å². The van der Waals surface area contributed by atoms with Crippen molar-refractivity contribution in [3.8, 4) is 5.75 Å². The Labute approximate surface area is 98.2 Å². The second-order valence-corrected chi connectivity index (χ2v) is 4.39. The molecule has 90 valence electrons. The van der Waals surface area contributed by atoms with E-state index in [2.05, 4.69) is 38.1 Å². The molecule has 2 atom stereocenters. The Morgan fingerprint density at radius 2 is 1.81 bits per heavy atom. The minimum absolute atomic E-state index is 0.357. The molecule has 0 radical (unpaired) electrons. The van der Waals surface area contributed by atoms with Crippen LogP contribution in [-0.4, -0.2) is 32.6 Å². The number of hydrogen-bond donors (Lipinski definition) is 1. The molecule has 0 saturated carbocycles. The fraction of sp³-hybridized carbons (Fsp3) is 0.538. The first-order chi connectivity index (χ1) is 7.60. The molecule has 0 heterocycles. The van der Waals surface area contributed by atoms with Crippen LogP contribution < -0.4 is 10.5 Å². The van der Waals surface area contributed by atoms with E-state index in [0.717, 1.165) is 5.75 Å². The van der Waals surface area contributed by atoms with Gasteiger partial charge in [-0.05, 0) is 44.3 Å². The standard InChI is InChI=1S/C13H22N2O/c1-10(9-14)13(15(2)3)11-5-7-12(16-4)8-6-11/h5-8,10,13H,9,14H2,1-4H3. The van der Waals surface area contributed by atoms with Crippen LogP contribution in [0.15, 0.2) is 24.3 Å². The lowest BCUT2D eigenvalue weighted by Crippen LogP contribution is -2.30. The van der Waals surface area contributed by atoms with Crippen molar-refractivity contribution in [2.45, 2.75) is 13.0 Å². The van der Waals surface area contributed by atoms with Gasteiger partial charge in [0.15, 0.2) is 0 Å². The summed E-state index contributed by atoms with van der Waals surface area (Å²) in [6.45, 7) is 2.86. The van der Waals surface area contributed by atoms with Crippen LogP contribution in [0.2, 0.25) is 0 Å². The molecule has 0 aliphatic heterocycles. The van der Waals surface area contributed by atoms with Crippen LogP contribution in [0.4, 0.5) is 0 Å². The third kappa shape index (κ3) is 2.97. The minimum Gasteiger partial charge on any atom is -0.497 e. The zero-order chi connectivity index (χ0) is 12.1. The number of ether oxygens (including phenoxy) is 1. The highest BCUT2D eigenvalue weighted by atomic mass is 16.5. The lowest BCUT2D eigenvalue weighted by molar-refractivity contribution is 0.227. The third-order valence-corrected chi connectivity index (χ3v) is 2.92. The maximum Gasteiger partial charge on any atom is 0.118 e. The number of nitrogens with two attached hydrogens (primary N) is 1. The van der Waals surface area contributed by atoms with Gasteiger partial charge in [0.2, 0.25) is 0 Å². The highest BCUT2D eigenvalue weighted by Crippen LogP contribution is 2.27. The summed E-state index contributed by atoms with van der Waals surface area (Å²) < 4.78 is 5.16. The lowest BCUT2D eigenvalue weighted by atomic mass is 9.93. The molecule has 0 spiro atoms. The zero-order valence-electron chi connectivity index (χ0n) is 10.6. The summed E-state index contributed by atoms with van der Waals surface area (Å²) in [4.78, 5) is 2.21. The van der Waals surface area contributed by atoms with Gasteiger partial charge in [-0.25, -0.2) is 0 Å². The molecule has 3 heteroatoms. The first-order valence-corrected chi connectivity index (χ1v) is 5.60. The third-order valence-electron chi connectivity index (χ3n) is 2.92. The fourth-order valence-corrected chi connectivity index (χ4v) is 2.07. The van der Waals surface area contributed by atoms with Crippen LogP contribution in [0.5, 0.6) is 5.75 Å². The molecular weight excluding hydrogens is 200 g/mol. The van der Waals surface area contributed by atoms with Gasteiger partial charge in [-0.1, -0.05) is 19.1 Å². The zero-order valence-corrected chi connectivity index (χ0v) is 10.6. The molecule has 3 nitrogen and oxygen atoms in total. The molecule has 0 bridgehead atoms. The molecule has 0 aliphatic rings. The predicted octanol–water partition coefficient (Wildman–Crippen LogP) is 1.89.